The van der Waals surface area contributed by atoms with E-state index in [0.29, 0.717) is 31.2 Å². The summed E-state index contributed by atoms with van der Waals surface area (Å²) in [6, 6.07) is 5.70. The molecule has 1 fully saturated rings. The van der Waals surface area contributed by atoms with E-state index in [2.05, 4.69) is 19.6 Å². The number of carbonyl (C=O) groups excluding carboxylic acids is 2. The molecule has 7 nitrogen and oxygen atoms in total. The molecule has 0 spiro atoms. The van der Waals surface area contributed by atoms with Crippen molar-refractivity contribution in [3.63, 3.8) is 0 Å². The summed E-state index contributed by atoms with van der Waals surface area (Å²) in [5.41, 5.74) is 1.19. The Hall–Kier alpha value is -1.90. The minimum atomic E-state index is -1.20. The van der Waals surface area contributed by atoms with Gasteiger partial charge < -0.3 is 24.4 Å². The number of hydrogen-bond donors (Lipinski definition) is 1. The van der Waals surface area contributed by atoms with Crippen LogP contribution in [0.2, 0.25) is 25.7 Å². The predicted molar refractivity (Wildman–Crippen MR) is 105 cm³/mol. The molecule has 148 valence electrons. The molecule has 1 aromatic rings. The summed E-state index contributed by atoms with van der Waals surface area (Å²) in [7, 11) is 0.348. The lowest BCUT2D eigenvalue weighted by Gasteiger charge is -2.27. The number of rotatable bonds is 6. The van der Waals surface area contributed by atoms with Crippen molar-refractivity contribution < 1.29 is 24.2 Å². The fourth-order valence-corrected chi connectivity index (χ4v) is 4.18. The van der Waals surface area contributed by atoms with Crippen LogP contribution in [0, 0.1) is 0 Å². The first-order chi connectivity index (χ1) is 12.7. The largest absolute Gasteiger partial charge is 0.497 e. The second-order valence-corrected chi connectivity index (χ2v) is 14.0. The fourth-order valence-electron chi connectivity index (χ4n) is 3.42. The SMILES string of the molecule is COc1ccc2c(c1)C(=O)N1CC(O)C(=O)C1CN2COCC[Si](C)(C)C. The lowest BCUT2D eigenvalue weighted by Crippen LogP contribution is -2.44. The number of amides is 1. The number of aliphatic hydroxyl groups excluding tert-OH is 1. The highest BCUT2D eigenvalue weighted by atomic mass is 28.3. The van der Waals surface area contributed by atoms with E-state index in [-0.39, 0.29) is 18.2 Å². The number of ketones is 1. The maximum absolute atomic E-state index is 13.0. The van der Waals surface area contributed by atoms with Gasteiger partial charge in [-0.2, -0.15) is 0 Å². The molecule has 2 atom stereocenters. The van der Waals surface area contributed by atoms with Crippen LogP contribution in [0.25, 0.3) is 0 Å². The van der Waals surface area contributed by atoms with Gasteiger partial charge in [0.05, 0.1) is 24.9 Å². The van der Waals surface area contributed by atoms with Crippen LogP contribution in [0.3, 0.4) is 0 Å². The number of benzene rings is 1. The maximum atomic E-state index is 13.0. The molecule has 2 heterocycles. The molecule has 0 aromatic heterocycles. The normalized spacial score (nSPS) is 22.6. The van der Waals surface area contributed by atoms with E-state index < -0.39 is 20.2 Å². The summed E-state index contributed by atoms with van der Waals surface area (Å²) in [6.07, 6.45) is -1.12. The van der Waals surface area contributed by atoms with Gasteiger partial charge in [0.1, 0.15) is 24.6 Å². The van der Waals surface area contributed by atoms with Gasteiger partial charge in [-0.15, -0.1) is 0 Å². The number of hydrogen-bond acceptors (Lipinski definition) is 6. The molecule has 0 bridgehead atoms. The molecular weight excluding hydrogens is 364 g/mol. The van der Waals surface area contributed by atoms with E-state index in [1.165, 1.54) is 4.90 Å². The fraction of sp³-hybridized carbons (Fsp3) is 0.579. The Morgan fingerprint density at radius 3 is 2.63 bits per heavy atom. The molecule has 2 aliphatic heterocycles. The minimum Gasteiger partial charge on any atom is -0.497 e. The second kappa shape index (κ2) is 7.61. The van der Waals surface area contributed by atoms with Crippen LogP contribution in [0.4, 0.5) is 5.69 Å². The van der Waals surface area contributed by atoms with Gasteiger partial charge in [-0.25, -0.2) is 0 Å². The van der Waals surface area contributed by atoms with Crippen LogP contribution in [-0.4, -0.2) is 75.5 Å². The highest BCUT2D eigenvalue weighted by Gasteiger charge is 2.45. The van der Waals surface area contributed by atoms with Crippen molar-refractivity contribution in [3.8, 4) is 5.75 Å². The Bertz CT molecular complexity index is 733. The van der Waals surface area contributed by atoms with E-state index in [9.17, 15) is 14.7 Å². The highest BCUT2D eigenvalue weighted by molar-refractivity contribution is 6.76. The third-order valence-electron chi connectivity index (χ3n) is 5.08. The zero-order valence-electron chi connectivity index (χ0n) is 16.4. The van der Waals surface area contributed by atoms with Gasteiger partial charge in [-0.3, -0.25) is 9.59 Å². The number of nitrogens with zero attached hydrogens (tertiary/aromatic N) is 2. The third-order valence-corrected chi connectivity index (χ3v) is 6.78. The number of fused-ring (bicyclic) bond motifs is 2. The molecule has 0 saturated carbocycles. The second-order valence-electron chi connectivity index (χ2n) is 8.34. The Labute approximate surface area is 160 Å². The number of anilines is 1. The van der Waals surface area contributed by atoms with Crippen LogP contribution < -0.4 is 9.64 Å². The lowest BCUT2D eigenvalue weighted by atomic mass is 10.1. The third kappa shape index (κ3) is 4.17. The number of carbonyl (C=O) groups is 2. The van der Waals surface area contributed by atoms with E-state index >= 15 is 0 Å². The molecule has 1 N–H and O–H groups in total. The standard InChI is InChI=1S/C19H28N2O5Si/c1-25-13-5-6-15-14(9-13)19(24)21-11-17(22)18(23)16(21)10-20(15)12-26-7-8-27(2,3)4/h5-6,9,16-17,22H,7-8,10-12H2,1-4H3. The quantitative estimate of drug-likeness (QED) is 0.585. The van der Waals surface area contributed by atoms with Gasteiger partial charge in [-0.1, -0.05) is 19.6 Å². The molecule has 27 heavy (non-hydrogen) atoms. The van der Waals surface area contributed by atoms with Crippen LogP contribution in [0.1, 0.15) is 10.4 Å². The predicted octanol–water partition coefficient (Wildman–Crippen LogP) is 1.58. The van der Waals surface area contributed by atoms with Crippen LogP contribution in [0.15, 0.2) is 18.2 Å². The first-order valence-electron chi connectivity index (χ1n) is 9.25. The van der Waals surface area contributed by atoms with Crippen LogP contribution in [0.5, 0.6) is 5.75 Å². The monoisotopic (exact) mass is 392 g/mol. The number of aliphatic hydroxyl groups is 1. The molecule has 3 rings (SSSR count). The van der Waals surface area contributed by atoms with Gasteiger partial charge in [-0.05, 0) is 24.2 Å². The molecule has 1 aromatic carbocycles. The van der Waals surface area contributed by atoms with Crippen molar-refractivity contribution in [1.29, 1.82) is 0 Å². The van der Waals surface area contributed by atoms with E-state index in [1.54, 1.807) is 19.2 Å². The smallest absolute Gasteiger partial charge is 0.256 e. The van der Waals surface area contributed by atoms with Gasteiger partial charge in [0.2, 0.25) is 0 Å². The minimum absolute atomic E-state index is 0.0311. The van der Waals surface area contributed by atoms with Crippen molar-refractivity contribution in [3.05, 3.63) is 23.8 Å². The van der Waals surface area contributed by atoms with Crippen molar-refractivity contribution >= 4 is 25.5 Å². The van der Waals surface area contributed by atoms with Crippen LogP contribution >= 0.6 is 0 Å². The van der Waals surface area contributed by atoms with Crippen molar-refractivity contribution in [1.82, 2.24) is 4.90 Å². The summed E-state index contributed by atoms with van der Waals surface area (Å²) in [5, 5.41) is 9.96. The zero-order chi connectivity index (χ0) is 19.8. The first-order valence-corrected chi connectivity index (χ1v) is 13.0. The molecule has 0 aliphatic carbocycles. The Kier molecular flexibility index (Phi) is 5.59. The molecule has 2 unspecified atom stereocenters. The summed E-state index contributed by atoms with van der Waals surface area (Å²) in [5.74, 6) is 0.00448. The molecule has 0 radical (unpaired) electrons. The van der Waals surface area contributed by atoms with Gasteiger partial charge in [0.15, 0.2) is 5.78 Å². The van der Waals surface area contributed by atoms with Crippen molar-refractivity contribution in [2.24, 2.45) is 0 Å². The topological polar surface area (TPSA) is 79.3 Å². The maximum Gasteiger partial charge on any atom is 0.256 e. The summed E-state index contributed by atoms with van der Waals surface area (Å²) >= 11 is 0. The Morgan fingerprint density at radius 2 is 1.96 bits per heavy atom. The van der Waals surface area contributed by atoms with Crippen molar-refractivity contribution in [2.45, 2.75) is 37.8 Å². The average molecular weight is 393 g/mol. The van der Waals surface area contributed by atoms with E-state index in [4.69, 9.17) is 9.47 Å². The van der Waals surface area contributed by atoms with Crippen molar-refractivity contribution in [2.75, 3.05) is 38.4 Å². The molecular formula is C19H28N2O5Si. The summed E-state index contributed by atoms with van der Waals surface area (Å²) in [6.45, 7) is 8.16. The Balaban J connectivity index is 1.86. The Morgan fingerprint density at radius 1 is 1.22 bits per heavy atom. The first kappa shape index (κ1) is 19.8. The number of methoxy groups -OCH3 is 1. The number of ether oxygens (including phenoxy) is 2. The lowest BCUT2D eigenvalue weighted by molar-refractivity contribution is -0.125. The summed E-state index contributed by atoms with van der Waals surface area (Å²) in [4.78, 5) is 28.8. The van der Waals surface area contributed by atoms with E-state index in [0.717, 1.165) is 11.7 Å². The highest BCUT2D eigenvalue weighted by Crippen LogP contribution is 2.33. The molecule has 2 aliphatic rings. The zero-order valence-corrected chi connectivity index (χ0v) is 17.4. The molecule has 8 heteroatoms. The number of Topliss-reactive ketones (excluding diaryl/α,β-unsaturated/α-hetero) is 1. The van der Waals surface area contributed by atoms with Gasteiger partial charge in [0.25, 0.3) is 5.91 Å². The summed E-state index contributed by atoms with van der Waals surface area (Å²) < 4.78 is 11.2. The van der Waals surface area contributed by atoms with E-state index in [1.807, 2.05) is 11.0 Å². The average Bonchev–Trinajstić information content (AvgIpc) is 2.84. The molecule has 1 saturated heterocycles. The van der Waals surface area contributed by atoms with Gasteiger partial charge >= 0.3 is 0 Å². The van der Waals surface area contributed by atoms with Crippen LogP contribution in [-0.2, 0) is 9.53 Å². The molecule has 1 amide bonds. The van der Waals surface area contributed by atoms with Gasteiger partial charge in [0, 0.05) is 21.2 Å².